The van der Waals surface area contributed by atoms with Crippen molar-refractivity contribution in [1.82, 2.24) is 0 Å². The van der Waals surface area contributed by atoms with Gasteiger partial charge in [0.1, 0.15) is 0 Å². The van der Waals surface area contributed by atoms with Crippen LogP contribution in [-0.4, -0.2) is 11.2 Å². The summed E-state index contributed by atoms with van der Waals surface area (Å²) in [4.78, 5) is 0. The lowest BCUT2D eigenvalue weighted by Gasteiger charge is -2.07. The third-order valence-electron chi connectivity index (χ3n) is 3.08. The fourth-order valence-corrected chi connectivity index (χ4v) is 2.15. The van der Waals surface area contributed by atoms with E-state index < -0.39 is 0 Å². The first-order valence-corrected chi connectivity index (χ1v) is 6.19. The van der Waals surface area contributed by atoms with Gasteiger partial charge in [-0.3, -0.25) is 0 Å². The molecule has 2 unspecified atom stereocenters. The second-order valence-corrected chi connectivity index (χ2v) is 4.50. The fourth-order valence-electron chi connectivity index (χ4n) is 2.15. The van der Waals surface area contributed by atoms with Crippen LogP contribution in [0.3, 0.4) is 0 Å². The number of aliphatic hydroxyl groups excluding tert-OH is 1. The van der Waals surface area contributed by atoms with E-state index in [4.69, 9.17) is 0 Å². The maximum atomic E-state index is 9.29. The molecule has 82 valence electrons. The number of allylic oxidation sites excluding steroid dienone is 1. The maximum absolute atomic E-state index is 9.29. The lowest BCUT2D eigenvalue weighted by atomic mass is 9.99. The average molecular weight is 196 g/mol. The summed E-state index contributed by atoms with van der Waals surface area (Å²) in [5, 5.41) is 9.29. The second kappa shape index (κ2) is 7.05. The predicted octanol–water partition coefficient (Wildman–Crippen LogP) is 3.67. The molecule has 0 spiro atoms. The van der Waals surface area contributed by atoms with Crippen LogP contribution in [0.15, 0.2) is 12.2 Å². The lowest BCUT2D eigenvalue weighted by molar-refractivity contribution is 0.207. The molecular formula is C13H24O. The highest BCUT2D eigenvalue weighted by molar-refractivity contribution is 5.02. The van der Waals surface area contributed by atoms with E-state index in [0.717, 1.165) is 6.42 Å². The topological polar surface area (TPSA) is 20.2 Å². The maximum Gasteiger partial charge on any atom is 0.0726 e. The van der Waals surface area contributed by atoms with Gasteiger partial charge in [-0.2, -0.15) is 0 Å². The summed E-state index contributed by atoms with van der Waals surface area (Å²) in [6.07, 6.45) is 14.5. The van der Waals surface area contributed by atoms with Crippen molar-refractivity contribution in [1.29, 1.82) is 0 Å². The van der Waals surface area contributed by atoms with Crippen LogP contribution in [0.2, 0.25) is 0 Å². The zero-order chi connectivity index (χ0) is 10.2. The molecule has 2 atom stereocenters. The molecule has 0 bridgehead atoms. The van der Waals surface area contributed by atoms with Crippen molar-refractivity contribution >= 4 is 0 Å². The normalized spacial score (nSPS) is 25.9. The summed E-state index contributed by atoms with van der Waals surface area (Å²) in [7, 11) is 0. The van der Waals surface area contributed by atoms with E-state index in [1.807, 2.05) is 6.08 Å². The molecule has 0 aliphatic heterocycles. The molecule has 0 saturated carbocycles. The van der Waals surface area contributed by atoms with Crippen LogP contribution in [0.25, 0.3) is 0 Å². The summed E-state index contributed by atoms with van der Waals surface area (Å²) in [5.41, 5.74) is 0. The van der Waals surface area contributed by atoms with Gasteiger partial charge in [0.25, 0.3) is 0 Å². The number of aliphatic hydroxyl groups is 1. The number of hydrogen-bond donors (Lipinski definition) is 1. The third kappa shape index (κ3) is 4.80. The van der Waals surface area contributed by atoms with E-state index in [0.29, 0.717) is 5.92 Å². The summed E-state index contributed by atoms with van der Waals surface area (Å²) in [6.45, 7) is 2.25. The highest BCUT2D eigenvalue weighted by Crippen LogP contribution is 2.23. The highest BCUT2D eigenvalue weighted by Gasteiger charge is 2.15. The smallest absolute Gasteiger partial charge is 0.0726 e. The Hall–Kier alpha value is -0.300. The summed E-state index contributed by atoms with van der Waals surface area (Å²) < 4.78 is 0. The van der Waals surface area contributed by atoms with E-state index in [1.165, 1.54) is 44.9 Å². The van der Waals surface area contributed by atoms with Gasteiger partial charge >= 0.3 is 0 Å². The minimum atomic E-state index is -0.153. The molecular weight excluding hydrogens is 172 g/mol. The van der Waals surface area contributed by atoms with Gasteiger partial charge in [0.15, 0.2) is 0 Å². The Kier molecular flexibility index (Phi) is 5.93. The van der Waals surface area contributed by atoms with Crippen molar-refractivity contribution in [2.45, 2.75) is 64.4 Å². The van der Waals surface area contributed by atoms with E-state index >= 15 is 0 Å². The molecule has 0 radical (unpaired) electrons. The van der Waals surface area contributed by atoms with E-state index in [-0.39, 0.29) is 6.10 Å². The summed E-state index contributed by atoms with van der Waals surface area (Å²) in [6, 6.07) is 0. The molecule has 0 aromatic carbocycles. The Bertz CT molecular complexity index is 163. The van der Waals surface area contributed by atoms with Crippen LogP contribution < -0.4 is 0 Å². The van der Waals surface area contributed by atoms with Crippen LogP contribution in [0.5, 0.6) is 0 Å². The van der Waals surface area contributed by atoms with Gasteiger partial charge in [0, 0.05) is 0 Å². The molecule has 1 aliphatic carbocycles. The monoisotopic (exact) mass is 196 g/mol. The van der Waals surface area contributed by atoms with Gasteiger partial charge in [-0.1, -0.05) is 57.6 Å². The van der Waals surface area contributed by atoms with E-state index in [9.17, 15) is 5.11 Å². The summed E-state index contributed by atoms with van der Waals surface area (Å²) >= 11 is 0. The Balaban J connectivity index is 1.87. The van der Waals surface area contributed by atoms with Crippen molar-refractivity contribution in [2.75, 3.05) is 0 Å². The fraction of sp³-hybridized carbons (Fsp3) is 0.846. The van der Waals surface area contributed by atoms with Gasteiger partial charge in [-0.25, -0.2) is 0 Å². The van der Waals surface area contributed by atoms with Crippen molar-refractivity contribution < 1.29 is 5.11 Å². The van der Waals surface area contributed by atoms with Gasteiger partial charge < -0.3 is 5.11 Å². The quantitative estimate of drug-likeness (QED) is 0.486. The van der Waals surface area contributed by atoms with Crippen LogP contribution in [-0.2, 0) is 0 Å². The van der Waals surface area contributed by atoms with E-state index in [2.05, 4.69) is 13.0 Å². The van der Waals surface area contributed by atoms with Crippen molar-refractivity contribution in [2.24, 2.45) is 5.92 Å². The molecule has 0 aromatic rings. The third-order valence-corrected chi connectivity index (χ3v) is 3.08. The molecule has 0 fully saturated rings. The van der Waals surface area contributed by atoms with E-state index in [1.54, 1.807) is 0 Å². The van der Waals surface area contributed by atoms with Gasteiger partial charge in [0.2, 0.25) is 0 Å². The molecule has 1 heteroatoms. The molecule has 1 nitrogen and oxygen atoms in total. The Morgan fingerprint density at radius 3 is 2.43 bits per heavy atom. The average Bonchev–Trinajstić information content (AvgIpc) is 2.58. The standard InChI is InChI=1S/C13H24O/c1-2-3-4-5-6-7-8-12-9-10-13(14)11-12/h9-10,12-14H,2-8,11H2,1H3. The molecule has 1 N–H and O–H groups in total. The molecule has 14 heavy (non-hydrogen) atoms. The first-order chi connectivity index (χ1) is 6.83. The van der Waals surface area contributed by atoms with Crippen LogP contribution in [0, 0.1) is 5.92 Å². The van der Waals surface area contributed by atoms with Gasteiger partial charge in [-0.15, -0.1) is 0 Å². The van der Waals surface area contributed by atoms with Gasteiger partial charge in [-0.05, 0) is 18.8 Å². The Morgan fingerprint density at radius 2 is 1.79 bits per heavy atom. The van der Waals surface area contributed by atoms with Crippen molar-refractivity contribution in [3.8, 4) is 0 Å². The van der Waals surface area contributed by atoms with Crippen LogP contribution in [0.4, 0.5) is 0 Å². The minimum Gasteiger partial charge on any atom is -0.389 e. The number of unbranched alkanes of at least 4 members (excludes halogenated alkanes) is 5. The van der Waals surface area contributed by atoms with Crippen LogP contribution in [0.1, 0.15) is 58.3 Å². The molecule has 0 saturated heterocycles. The number of hydrogen-bond acceptors (Lipinski definition) is 1. The predicted molar refractivity (Wildman–Crippen MR) is 61.2 cm³/mol. The zero-order valence-electron chi connectivity index (χ0n) is 9.41. The SMILES string of the molecule is CCCCCCCCC1C=CC(O)C1. The number of rotatable bonds is 7. The molecule has 0 aromatic heterocycles. The lowest BCUT2D eigenvalue weighted by Crippen LogP contribution is -2.01. The molecule has 0 amide bonds. The molecule has 1 aliphatic rings. The van der Waals surface area contributed by atoms with Crippen molar-refractivity contribution in [3.63, 3.8) is 0 Å². The van der Waals surface area contributed by atoms with Gasteiger partial charge in [0.05, 0.1) is 6.10 Å². The second-order valence-electron chi connectivity index (χ2n) is 4.50. The van der Waals surface area contributed by atoms with Crippen molar-refractivity contribution in [3.05, 3.63) is 12.2 Å². The minimum absolute atomic E-state index is 0.153. The molecule has 1 rings (SSSR count). The summed E-state index contributed by atoms with van der Waals surface area (Å²) in [5.74, 6) is 0.663. The highest BCUT2D eigenvalue weighted by atomic mass is 16.3. The Labute approximate surface area is 88.2 Å². The molecule has 0 heterocycles. The first kappa shape index (κ1) is 11.8. The Morgan fingerprint density at radius 1 is 1.07 bits per heavy atom. The largest absolute Gasteiger partial charge is 0.389 e. The zero-order valence-corrected chi connectivity index (χ0v) is 9.41. The van der Waals surface area contributed by atoms with Crippen LogP contribution >= 0.6 is 0 Å². The first-order valence-electron chi connectivity index (χ1n) is 6.19.